The van der Waals surface area contributed by atoms with Crippen LogP contribution in [0.1, 0.15) is 32.3 Å². The SMILES string of the molecule is CCNC(=NCc1ccccc1F)NCCN1CCC(C)CC1.I. The van der Waals surface area contributed by atoms with Crippen molar-refractivity contribution in [1.29, 1.82) is 0 Å². The van der Waals surface area contributed by atoms with Gasteiger partial charge < -0.3 is 15.5 Å². The molecule has 0 saturated carbocycles. The van der Waals surface area contributed by atoms with Crippen LogP contribution < -0.4 is 10.6 Å². The van der Waals surface area contributed by atoms with E-state index in [0.717, 1.165) is 31.5 Å². The third kappa shape index (κ3) is 7.34. The van der Waals surface area contributed by atoms with Crippen molar-refractivity contribution in [3.05, 3.63) is 35.6 Å². The van der Waals surface area contributed by atoms with Crippen LogP contribution in [0.4, 0.5) is 4.39 Å². The Hall–Kier alpha value is -0.890. The number of hydrogen-bond donors (Lipinski definition) is 2. The van der Waals surface area contributed by atoms with Crippen molar-refractivity contribution in [2.45, 2.75) is 33.2 Å². The lowest BCUT2D eigenvalue weighted by Crippen LogP contribution is -2.43. The average molecular weight is 448 g/mol. The molecule has 0 aliphatic carbocycles. The molecule has 1 fully saturated rings. The second-order valence-corrected chi connectivity index (χ2v) is 6.24. The zero-order valence-electron chi connectivity index (χ0n) is 14.7. The Balaban J connectivity index is 0.00000288. The molecule has 1 aromatic carbocycles. The second-order valence-electron chi connectivity index (χ2n) is 6.24. The number of likely N-dealkylation sites (tertiary alicyclic amines) is 1. The molecule has 1 aliphatic rings. The fourth-order valence-corrected chi connectivity index (χ4v) is 2.75. The van der Waals surface area contributed by atoms with Gasteiger partial charge in [-0.25, -0.2) is 9.38 Å². The molecule has 136 valence electrons. The van der Waals surface area contributed by atoms with Crippen LogP contribution in [0.5, 0.6) is 0 Å². The highest BCUT2D eigenvalue weighted by molar-refractivity contribution is 14.0. The molecule has 0 atom stereocenters. The van der Waals surface area contributed by atoms with Crippen LogP contribution in [0.3, 0.4) is 0 Å². The summed E-state index contributed by atoms with van der Waals surface area (Å²) in [7, 11) is 0. The molecule has 6 heteroatoms. The Morgan fingerprint density at radius 2 is 1.96 bits per heavy atom. The Kier molecular flexibility index (Phi) is 10.2. The molecule has 0 spiro atoms. The van der Waals surface area contributed by atoms with Crippen molar-refractivity contribution >= 4 is 29.9 Å². The van der Waals surface area contributed by atoms with Gasteiger partial charge in [-0.05, 0) is 44.8 Å². The molecule has 4 nitrogen and oxygen atoms in total. The van der Waals surface area contributed by atoms with E-state index in [0.29, 0.717) is 12.1 Å². The first-order valence-electron chi connectivity index (χ1n) is 8.67. The summed E-state index contributed by atoms with van der Waals surface area (Å²) < 4.78 is 13.6. The number of aliphatic imine (C=N–C) groups is 1. The molecular weight excluding hydrogens is 418 g/mol. The Morgan fingerprint density at radius 3 is 2.62 bits per heavy atom. The maximum absolute atomic E-state index is 13.6. The van der Waals surface area contributed by atoms with Gasteiger partial charge in [-0.2, -0.15) is 0 Å². The van der Waals surface area contributed by atoms with E-state index >= 15 is 0 Å². The first-order chi connectivity index (χ1) is 11.2. The van der Waals surface area contributed by atoms with Crippen LogP contribution >= 0.6 is 24.0 Å². The number of benzene rings is 1. The molecule has 1 heterocycles. The Morgan fingerprint density at radius 1 is 1.25 bits per heavy atom. The van der Waals surface area contributed by atoms with Crippen LogP contribution in [-0.2, 0) is 6.54 Å². The smallest absolute Gasteiger partial charge is 0.191 e. The van der Waals surface area contributed by atoms with Crippen molar-refractivity contribution in [2.24, 2.45) is 10.9 Å². The topological polar surface area (TPSA) is 39.7 Å². The normalized spacial score (nSPS) is 16.5. The van der Waals surface area contributed by atoms with E-state index in [9.17, 15) is 4.39 Å². The molecule has 2 rings (SSSR count). The predicted molar refractivity (Wildman–Crippen MR) is 109 cm³/mol. The van der Waals surface area contributed by atoms with E-state index in [2.05, 4.69) is 27.4 Å². The van der Waals surface area contributed by atoms with Crippen molar-refractivity contribution in [3.63, 3.8) is 0 Å². The van der Waals surface area contributed by atoms with Gasteiger partial charge in [0.25, 0.3) is 0 Å². The molecule has 0 amide bonds. The third-order valence-corrected chi connectivity index (χ3v) is 4.31. The van der Waals surface area contributed by atoms with Crippen molar-refractivity contribution < 1.29 is 4.39 Å². The number of nitrogens with one attached hydrogen (secondary N) is 2. The average Bonchev–Trinajstić information content (AvgIpc) is 2.56. The van der Waals surface area contributed by atoms with Gasteiger partial charge in [0, 0.05) is 25.2 Å². The number of halogens is 2. The minimum Gasteiger partial charge on any atom is -0.357 e. The number of guanidine groups is 1. The summed E-state index contributed by atoms with van der Waals surface area (Å²) in [5.41, 5.74) is 0.620. The van der Waals surface area contributed by atoms with Gasteiger partial charge in [0.15, 0.2) is 5.96 Å². The van der Waals surface area contributed by atoms with E-state index in [-0.39, 0.29) is 29.8 Å². The summed E-state index contributed by atoms with van der Waals surface area (Å²) in [5, 5.41) is 6.56. The highest BCUT2D eigenvalue weighted by atomic mass is 127. The first-order valence-corrected chi connectivity index (χ1v) is 8.67. The molecule has 2 N–H and O–H groups in total. The van der Waals surface area contributed by atoms with Crippen molar-refractivity contribution in [1.82, 2.24) is 15.5 Å². The van der Waals surface area contributed by atoms with E-state index in [4.69, 9.17) is 0 Å². The monoisotopic (exact) mass is 448 g/mol. The molecule has 0 aromatic heterocycles. The van der Waals surface area contributed by atoms with E-state index in [1.54, 1.807) is 12.1 Å². The largest absolute Gasteiger partial charge is 0.357 e. The number of nitrogens with zero attached hydrogens (tertiary/aromatic N) is 2. The fraction of sp³-hybridized carbons (Fsp3) is 0.611. The highest BCUT2D eigenvalue weighted by Crippen LogP contribution is 2.15. The van der Waals surface area contributed by atoms with E-state index in [1.165, 1.54) is 32.0 Å². The first kappa shape index (κ1) is 21.2. The van der Waals surface area contributed by atoms with Crippen LogP contribution in [0.25, 0.3) is 0 Å². The molecule has 0 unspecified atom stereocenters. The maximum atomic E-state index is 13.6. The minimum atomic E-state index is -0.200. The molecule has 1 saturated heterocycles. The van der Waals surface area contributed by atoms with Crippen LogP contribution in [0.2, 0.25) is 0 Å². The van der Waals surface area contributed by atoms with E-state index in [1.807, 2.05) is 13.0 Å². The van der Waals surface area contributed by atoms with Crippen LogP contribution in [-0.4, -0.2) is 43.6 Å². The lowest BCUT2D eigenvalue weighted by atomic mass is 9.99. The summed E-state index contributed by atoms with van der Waals surface area (Å²) in [4.78, 5) is 6.97. The third-order valence-electron chi connectivity index (χ3n) is 4.31. The zero-order chi connectivity index (χ0) is 16.5. The summed E-state index contributed by atoms with van der Waals surface area (Å²) >= 11 is 0. The predicted octanol–water partition coefficient (Wildman–Crippen LogP) is 3.23. The Labute approximate surface area is 162 Å². The minimum absolute atomic E-state index is 0. The lowest BCUT2D eigenvalue weighted by molar-refractivity contribution is 0.195. The summed E-state index contributed by atoms with van der Waals surface area (Å²) in [6.07, 6.45) is 2.59. The van der Waals surface area contributed by atoms with Gasteiger partial charge >= 0.3 is 0 Å². The van der Waals surface area contributed by atoms with Crippen LogP contribution in [0, 0.1) is 11.7 Å². The molecular formula is C18H30FIN4. The second kappa shape index (κ2) is 11.6. The van der Waals surface area contributed by atoms with Gasteiger partial charge in [-0.15, -0.1) is 24.0 Å². The van der Waals surface area contributed by atoms with Gasteiger partial charge in [0.2, 0.25) is 0 Å². The van der Waals surface area contributed by atoms with Crippen molar-refractivity contribution in [3.8, 4) is 0 Å². The Bertz CT molecular complexity index is 502. The summed E-state index contributed by atoms with van der Waals surface area (Å²) in [6, 6.07) is 6.79. The van der Waals surface area contributed by atoms with Gasteiger partial charge in [-0.3, -0.25) is 0 Å². The molecule has 1 aliphatic heterocycles. The number of hydrogen-bond acceptors (Lipinski definition) is 2. The van der Waals surface area contributed by atoms with Crippen LogP contribution in [0.15, 0.2) is 29.3 Å². The van der Waals surface area contributed by atoms with Crippen molar-refractivity contribution in [2.75, 3.05) is 32.7 Å². The molecule has 0 bridgehead atoms. The lowest BCUT2D eigenvalue weighted by Gasteiger charge is -2.30. The number of rotatable bonds is 6. The summed E-state index contributed by atoms with van der Waals surface area (Å²) in [6.45, 7) is 9.76. The van der Waals surface area contributed by atoms with Gasteiger partial charge in [0.1, 0.15) is 5.82 Å². The quantitative estimate of drug-likeness (QED) is 0.399. The maximum Gasteiger partial charge on any atom is 0.191 e. The zero-order valence-corrected chi connectivity index (χ0v) is 17.1. The van der Waals surface area contributed by atoms with E-state index < -0.39 is 0 Å². The standard InChI is InChI=1S/C18H29FN4.HI/c1-3-20-18(22-14-16-6-4-5-7-17(16)19)21-10-13-23-11-8-15(2)9-12-23;/h4-7,15H,3,8-14H2,1-2H3,(H2,20,21,22);1H. The molecule has 24 heavy (non-hydrogen) atoms. The highest BCUT2D eigenvalue weighted by Gasteiger charge is 2.14. The molecule has 0 radical (unpaired) electrons. The number of piperidine rings is 1. The van der Waals surface area contributed by atoms with Gasteiger partial charge in [-0.1, -0.05) is 25.1 Å². The fourth-order valence-electron chi connectivity index (χ4n) is 2.75. The summed E-state index contributed by atoms with van der Waals surface area (Å²) in [5.74, 6) is 1.41. The molecule has 1 aromatic rings. The van der Waals surface area contributed by atoms with Gasteiger partial charge in [0.05, 0.1) is 6.54 Å².